The first-order valence-electron chi connectivity index (χ1n) is 6.47. The van der Waals surface area contributed by atoms with Crippen molar-refractivity contribution in [1.82, 2.24) is 10.2 Å². The summed E-state index contributed by atoms with van der Waals surface area (Å²) in [5.74, 6) is 0. The van der Waals surface area contributed by atoms with Gasteiger partial charge in [-0.3, -0.25) is 4.90 Å². The minimum absolute atomic E-state index is 0.724. The first-order chi connectivity index (χ1) is 8.29. The van der Waals surface area contributed by atoms with Crippen LogP contribution in [-0.4, -0.2) is 30.6 Å². The van der Waals surface area contributed by atoms with Crippen LogP contribution in [0.3, 0.4) is 0 Å². The van der Waals surface area contributed by atoms with Crippen molar-refractivity contribution in [1.29, 1.82) is 0 Å². The topological polar surface area (TPSA) is 15.3 Å². The SMILES string of the molecule is CCCN(Cc1csc(Br)c1)C1CCCNC1. The summed E-state index contributed by atoms with van der Waals surface area (Å²) in [5, 5.41) is 5.78. The van der Waals surface area contributed by atoms with Gasteiger partial charge in [-0.05, 0) is 65.3 Å². The van der Waals surface area contributed by atoms with E-state index >= 15 is 0 Å². The minimum atomic E-state index is 0.724. The number of nitrogens with one attached hydrogen (secondary N) is 1. The Morgan fingerprint density at radius 1 is 1.59 bits per heavy atom. The molecule has 0 amide bonds. The number of piperidine rings is 1. The quantitative estimate of drug-likeness (QED) is 0.894. The first-order valence-corrected chi connectivity index (χ1v) is 8.14. The summed E-state index contributed by atoms with van der Waals surface area (Å²) in [6, 6.07) is 2.98. The summed E-state index contributed by atoms with van der Waals surface area (Å²) in [7, 11) is 0. The molecule has 1 aliphatic rings. The Morgan fingerprint density at radius 2 is 2.47 bits per heavy atom. The maximum Gasteiger partial charge on any atom is 0.0701 e. The fourth-order valence-electron chi connectivity index (χ4n) is 2.49. The normalized spacial score (nSPS) is 21.0. The van der Waals surface area contributed by atoms with Gasteiger partial charge >= 0.3 is 0 Å². The Balaban J connectivity index is 1.95. The van der Waals surface area contributed by atoms with Gasteiger partial charge in [0.25, 0.3) is 0 Å². The zero-order valence-corrected chi connectivity index (χ0v) is 12.8. The molecular formula is C13H21BrN2S. The molecule has 0 aromatic carbocycles. The van der Waals surface area contributed by atoms with Gasteiger partial charge in [0.15, 0.2) is 0 Å². The highest BCUT2D eigenvalue weighted by atomic mass is 79.9. The molecule has 0 radical (unpaired) electrons. The maximum atomic E-state index is 3.54. The molecule has 96 valence electrons. The zero-order valence-electron chi connectivity index (χ0n) is 10.4. The molecule has 2 nitrogen and oxygen atoms in total. The molecule has 0 saturated carbocycles. The summed E-state index contributed by atoms with van der Waals surface area (Å²) >= 11 is 5.33. The van der Waals surface area contributed by atoms with Gasteiger partial charge in [0, 0.05) is 19.1 Å². The molecule has 1 unspecified atom stereocenters. The van der Waals surface area contributed by atoms with Crippen LogP contribution in [0.15, 0.2) is 15.2 Å². The molecule has 0 spiro atoms. The number of halogens is 1. The molecule has 17 heavy (non-hydrogen) atoms. The van der Waals surface area contributed by atoms with Crippen LogP contribution in [0.4, 0.5) is 0 Å². The van der Waals surface area contributed by atoms with Gasteiger partial charge in [-0.1, -0.05) is 6.92 Å². The van der Waals surface area contributed by atoms with E-state index in [1.54, 1.807) is 11.3 Å². The Morgan fingerprint density at radius 3 is 3.06 bits per heavy atom. The largest absolute Gasteiger partial charge is 0.315 e. The van der Waals surface area contributed by atoms with Crippen LogP contribution in [0.25, 0.3) is 0 Å². The third-order valence-electron chi connectivity index (χ3n) is 3.31. The van der Waals surface area contributed by atoms with Gasteiger partial charge in [-0.25, -0.2) is 0 Å². The molecule has 4 heteroatoms. The summed E-state index contributed by atoms with van der Waals surface area (Å²) in [5.41, 5.74) is 1.45. The van der Waals surface area contributed by atoms with Crippen LogP contribution in [-0.2, 0) is 6.54 Å². The number of thiophene rings is 1. The number of rotatable bonds is 5. The lowest BCUT2D eigenvalue weighted by Crippen LogP contribution is -2.45. The Hall–Kier alpha value is 0.1000. The minimum Gasteiger partial charge on any atom is -0.315 e. The zero-order chi connectivity index (χ0) is 12.1. The Bertz CT molecular complexity index is 334. The molecule has 2 rings (SSSR count). The van der Waals surface area contributed by atoms with Crippen LogP contribution in [0.1, 0.15) is 31.7 Å². The number of nitrogens with zero attached hydrogens (tertiary/aromatic N) is 1. The van der Waals surface area contributed by atoms with E-state index in [1.807, 2.05) is 0 Å². The second-order valence-electron chi connectivity index (χ2n) is 4.73. The van der Waals surface area contributed by atoms with Gasteiger partial charge in [-0.2, -0.15) is 0 Å². The molecule has 1 fully saturated rings. The molecule has 0 bridgehead atoms. The lowest BCUT2D eigenvalue weighted by Gasteiger charge is -2.34. The van der Waals surface area contributed by atoms with Crippen LogP contribution in [0.5, 0.6) is 0 Å². The highest BCUT2D eigenvalue weighted by molar-refractivity contribution is 9.11. The second-order valence-corrected chi connectivity index (χ2v) is 7.02. The molecule has 2 heterocycles. The van der Waals surface area contributed by atoms with Gasteiger partial charge in [-0.15, -0.1) is 11.3 Å². The first kappa shape index (κ1) is 13.5. The van der Waals surface area contributed by atoms with Crippen molar-refractivity contribution in [2.24, 2.45) is 0 Å². The van der Waals surface area contributed by atoms with E-state index in [0.717, 1.165) is 19.1 Å². The van der Waals surface area contributed by atoms with Crippen molar-refractivity contribution in [3.63, 3.8) is 0 Å². The molecule has 1 atom stereocenters. The van der Waals surface area contributed by atoms with E-state index < -0.39 is 0 Å². The van der Waals surface area contributed by atoms with E-state index in [2.05, 4.69) is 44.5 Å². The average molecular weight is 317 g/mol. The van der Waals surface area contributed by atoms with Gasteiger partial charge in [0.2, 0.25) is 0 Å². The van der Waals surface area contributed by atoms with E-state index in [9.17, 15) is 0 Å². The van der Waals surface area contributed by atoms with Crippen LogP contribution < -0.4 is 5.32 Å². The Labute approximate surface area is 117 Å². The summed E-state index contributed by atoms with van der Waals surface area (Å²) in [6.45, 7) is 6.93. The fraction of sp³-hybridized carbons (Fsp3) is 0.692. The summed E-state index contributed by atoms with van der Waals surface area (Å²) in [6.07, 6.45) is 3.90. The molecule has 1 aliphatic heterocycles. The predicted molar refractivity (Wildman–Crippen MR) is 78.6 cm³/mol. The van der Waals surface area contributed by atoms with Crippen LogP contribution in [0, 0.1) is 0 Å². The Kier molecular flexibility index (Phi) is 5.48. The van der Waals surface area contributed by atoms with Crippen LogP contribution >= 0.6 is 27.3 Å². The van der Waals surface area contributed by atoms with Gasteiger partial charge in [0.1, 0.15) is 0 Å². The van der Waals surface area contributed by atoms with Crippen LogP contribution in [0.2, 0.25) is 0 Å². The number of hydrogen-bond acceptors (Lipinski definition) is 3. The lowest BCUT2D eigenvalue weighted by molar-refractivity contribution is 0.158. The van der Waals surface area contributed by atoms with Crippen molar-refractivity contribution >= 4 is 27.3 Å². The van der Waals surface area contributed by atoms with Crippen molar-refractivity contribution in [3.05, 3.63) is 20.8 Å². The van der Waals surface area contributed by atoms with Crippen molar-refractivity contribution < 1.29 is 0 Å². The summed E-state index contributed by atoms with van der Waals surface area (Å²) < 4.78 is 1.24. The van der Waals surface area contributed by atoms with E-state index in [1.165, 1.54) is 41.7 Å². The summed E-state index contributed by atoms with van der Waals surface area (Å²) in [4.78, 5) is 2.64. The second kappa shape index (κ2) is 6.88. The van der Waals surface area contributed by atoms with Crippen molar-refractivity contribution in [2.75, 3.05) is 19.6 Å². The smallest absolute Gasteiger partial charge is 0.0701 e. The van der Waals surface area contributed by atoms with Crippen molar-refractivity contribution in [3.8, 4) is 0 Å². The van der Waals surface area contributed by atoms with E-state index in [0.29, 0.717) is 0 Å². The third-order valence-corrected chi connectivity index (χ3v) is 4.86. The fourth-order valence-corrected chi connectivity index (χ4v) is 3.69. The highest BCUT2D eigenvalue weighted by Crippen LogP contribution is 2.23. The molecule has 1 aromatic rings. The molecule has 1 N–H and O–H groups in total. The maximum absolute atomic E-state index is 3.54. The number of hydrogen-bond donors (Lipinski definition) is 1. The third kappa shape index (κ3) is 4.05. The molecular weight excluding hydrogens is 296 g/mol. The molecule has 1 aromatic heterocycles. The van der Waals surface area contributed by atoms with E-state index in [4.69, 9.17) is 0 Å². The van der Waals surface area contributed by atoms with Gasteiger partial charge < -0.3 is 5.32 Å². The average Bonchev–Trinajstić information content (AvgIpc) is 2.75. The standard InChI is InChI=1S/C13H21BrN2S/c1-2-6-16(12-4-3-5-15-8-12)9-11-7-13(14)17-10-11/h7,10,12,15H,2-6,8-9H2,1H3. The lowest BCUT2D eigenvalue weighted by atomic mass is 10.0. The highest BCUT2D eigenvalue weighted by Gasteiger charge is 2.20. The molecule has 0 aliphatic carbocycles. The van der Waals surface area contributed by atoms with E-state index in [-0.39, 0.29) is 0 Å². The van der Waals surface area contributed by atoms with Crippen molar-refractivity contribution in [2.45, 2.75) is 38.8 Å². The van der Waals surface area contributed by atoms with Gasteiger partial charge in [0.05, 0.1) is 3.79 Å². The predicted octanol–water partition coefficient (Wildman–Crippen LogP) is 3.47. The molecule has 1 saturated heterocycles. The monoisotopic (exact) mass is 316 g/mol.